The van der Waals surface area contributed by atoms with E-state index in [4.69, 9.17) is 9.84 Å². The van der Waals surface area contributed by atoms with Crippen molar-refractivity contribution in [3.63, 3.8) is 0 Å². The number of ether oxygens (including phenoxy) is 1. The Labute approximate surface area is 100 Å². The standard InChI is InChI=1S/C14H15FO2/c15-13-7-6-12(10-17-14-4-1-5-14)11(9-13)3-2-8-16/h6-7,9,14,16H,1,4-5,8,10H2. The minimum atomic E-state index is -0.320. The van der Waals surface area contributed by atoms with E-state index in [0.717, 1.165) is 18.4 Å². The highest BCUT2D eigenvalue weighted by molar-refractivity contribution is 5.41. The third-order valence-electron chi connectivity index (χ3n) is 2.90. The number of aliphatic hydroxyl groups is 1. The Balaban J connectivity index is 2.07. The normalized spacial score (nSPS) is 14.9. The van der Waals surface area contributed by atoms with Gasteiger partial charge in [-0.05, 0) is 37.0 Å². The van der Waals surface area contributed by atoms with Gasteiger partial charge in [-0.25, -0.2) is 4.39 Å². The summed E-state index contributed by atoms with van der Waals surface area (Å²) < 4.78 is 18.8. The molecule has 1 fully saturated rings. The van der Waals surface area contributed by atoms with E-state index in [-0.39, 0.29) is 12.4 Å². The lowest BCUT2D eigenvalue weighted by molar-refractivity contribution is -0.00875. The minimum Gasteiger partial charge on any atom is -0.384 e. The first-order chi connectivity index (χ1) is 8.29. The van der Waals surface area contributed by atoms with E-state index in [0.29, 0.717) is 18.3 Å². The SMILES string of the molecule is OCC#Cc1cc(F)ccc1COC1CCC1. The molecule has 0 heterocycles. The van der Waals surface area contributed by atoms with Crippen LogP contribution in [-0.2, 0) is 11.3 Å². The lowest BCUT2D eigenvalue weighted by Gasteiger charge is -2.25. The second-order valence-corrected chi connectivity index (χ2v) is 4.13. The van der Waals surface area contributed by atoms with Crippen molar-refractivity contribution in [1.82, 2.24) is 0 Å². The van der Waals surface area contributed by atoms with Gasteiger partial charge in [0.05, 0.1) is 12.7 Å². The summed E-state index contributed by atoms with van der Waals surface area (Å²) >= 11 is 0. The molecule has 0 radical (unpaired) electrons. The summed E-state index contributed by atoms with van der Waals surface area (Å²) in [6, 6.07) is 4.47. The van der Waals surface area contributed by atoms with Crippen LogP contribution in [0.1, 0.15) is 30.4 Å². The number of hydrogen-bond acceptors (Lipinski definition) is 2. The van der Waals surface area contributed by atoms with Crippen molar-refractivity contribution in [3.8, 4) is 11.8 Å². The molecule has 0 aromatic heterocycles. The molecule has 1 aliphatic carbocycles. The molecule has 0 spiro atoms. The summed E-state index contributed by atoms with van der Waals surface area (Å²) in [5, 5.41) is 8.65. The first kappa shape index (κ1) is 12.1. The second-order valence-electron chi connectivity index (χ2n) is 4.13. The van der Waals surface area contributed by atoms with Gasteiger partial charge in [0.1, 0.15) is 12.4 Å². The van der Waals surface area contributed by atoms with Crippen molar-refractivity contribution in [1.29, 1.82) is 0 Å². The lowest BCUT2D eigenvalue weighted by Crippen LogP contribution is -2.21. The molecule has 0 saturated heterocycles. The Morgan fingerprint density at radius 1 is 1.41 bits per heavy atom. The fraction of sp³-hybridized carbons (Fsp3) is 0.429. The third-order valence-corrected chi connectivity index (χ3v) is 2.90. The van der Waals surface area contributed by atoms with E-state index >= 15 is 0 Å². The van der Waals surface area contributed by atoms with E-state index in [9.17, 15) is 4.39 Å². The Morgan fingerprint density at radius 2 is 2.24 bits per heavy atom. The van der Waals surface area contributed by atoms with Crippen LogP contribution in [0.25, 0.3) is 0 Å². The molecule has 1 N–H and O–H groups in total. The van der Waals surface area contributed by atoms with Crippen LogP contribution in [0.15, 0.2) is 18.2 Å². The monoisotopic (exact) mass is 234 g/mol. The van der Waals surface area contributed by atoms with Gasteiger partial charge in [-0.2, -0.15) is 0 Å². The number of aliphatic hydroxyl groups excluding tert-OH is 1. The Morgan fingerprint density at radius 3 is 2.88 bits per heavy atom. The van der Waals surface area contributed by atoms with Crippen LogP contribution >= 0.6 is 0 Å². The highest BCUT2D eigenvalue weighted by Gasteiger charge is 2.18. The molecular formula is C14H15FO2. The fourth-order valence-electron chi connectivity index (χ4n) is 1.67. The molecule has 1 saturated carbocycles. The van der Waals surface area contributed by atoms with Crippen molar-refractivity contribution in [2.45, 2.75) is 32.0 Å². The average molecular weight is 234 g/mol. The van der Waals surface area contributed by atoms with Crippen LogP contribution < -0.4 is 0 Å². The molecule has 2 rings (SSSR count). The molecule has 90 valence electrons. The highest BCUT2D eigenvalue weighted by atomic mass is 19.1. The summed E-state index contributed by atoms with van der Waals surface area (Å²) in [5.74, 6) is 4.95. The molecule has 17 heavy (non-hydrogen) atoms. The fourth-order valence-corrected chi connectivity index (χ4v) is 1.67. The van der Waals surface area contributed by atoms with Crippen LogP contribution in [-0.4, -0.2) is 17.8 Å². The molecule has 3 heteroatoms. The summed E-state index contributed by atoms with van der Waals surface area (Å²) in [5.41, 5.74) is 1.47. The van der Waals surface area contributed by atoms with Crippen molar-refractivity contribution >= 4 is 0 Å². The molecule has 0 unspecified atom stereocenters. The van der Waals surface area contributed by atoms with E-state index in [1.165, 1.54) is 18.6 Å². The van der Waals surface area contributed by atoms with Crippen LogP contribution in [0.2, 0.25) is 0 Å². The predicted molar refractivity (Wildman–Crippen MR) is 62.8 cm³/mol. The van der Waals surface area contributed by atoms with Gasteiger partial charge in [-0.1, -0.05) is 17.9 Å². The van der Waals surface area contributed by atoms with E-state index in [2.05, 4.69) is 11.8 Å². The molecule has 0 bridgehead atoms. The van der Waals surface area contributed by atoms with Gasteiger partial charge >= 0.3 is 0 Å². The van der Waals surface area contributed by atoms with Crippen LogP contribution in [0.3, 0.4) is 0 Å². The molecule has 0 atom stereocenters. The summed E-state index contributed by atoms with van der Waals surface area (Å²) in [6.07, 6.45) is 3.79. The van der Waals surface area contributed by atoms with E-state index in [1.807, 2.05) is 0 Å². The van der Waals surface area contributed by atoms with Gasteiger partial charge in [0.15, 0.2) is 0 Å². The molecule has 1 aromatic carbocycles. The van der Waals surface area contributed by atoms with Gasteiger partial charge in [-0.3, -0.25) is 0 Å². The average Bonchev–Trinajstić information content (AvgIpc) is 2.26. The Hall–Kier alpha value is -1.37. The molecule has 2 nitrogen and oxygen atoms in total. The molecule has 0 amide bonds. The number of rotatable bonds is 3. The van der Waals surface area contributed by atoms with Crippen molar-refractivity contribution in [2.75, 3.05) is 6.61 Å². The Bertz CT molecular complexity index is 441. The molecular weight excluding hydrogens is 219 g/mol. The maximum Gasteiger partial charge on any atom is 0.124 e. The van der Waals surface area contributed by atoms with Gasteiger partial charge in [0.2, 0.25) is 0 Å². The maximum absolute atomic E-state index is 13.1. The van der Waals surface area contributed by atoms with E-state index in [1.54, 1.807) is 6.07 Å². The zero-order valence-corrected chi connectivity index (χ0v) is 9.58. The third kappa shape index (κ3) is 3.29. The largest absolute Gasteiger partial charge is 0.384 e. The number of hydrogen-bond donors (Lipinski definition) is 1. The summed E-state index contributed by atoms with van der Waals surface area (Å²) in [4.78, 5) is 0. The van der Waals surface area contributed by atoms with Crippen LogP contribution in [0, 0.1) is 17.7 Å². The topological polar surface area (TPSA) is 29.5 Å². The first-order valence-corrected chi connectivity index (χ1v) is 5.79. The lowest BCUT2D eigenvalue weighted by atomic mass is 9.96. The minimum absolute atomic E-state index is 0.223. The zero-order chi connectivity index (χ0) is 12.1. The summed E-state index contributed by atoms with van der Waals surface area (Å²) in [7, 11) is 0. The van der Waals surface area contributed by atoms with Crippen molar-refractivity contribution in [3.05, 3.63) is 35.1 Å². The smallest absolute Gasteiger partial charge is 0.124 e. The van der Waals surface area contributed by atoms with Gasteiger partial charge < -0.3 is 9.84 Å². The number of halogens is 1. The predicted octanol–water partition coefficient (Wildman–Crippen LogP) is 2.24. The first-order valence-electron chi connectivity index (χ1n) is 5.79. The van der Waals surface area contributed by atoms with E-state index < -0.39 is 0 Å². The van der Waals surface area contributed by atoms with Crippen LogP contribution in [0.4, 0.5) is 4.39 Å². The van der Waals surface area contributed by atoms with Crippen molar-refractivity contribution < 1.29 is 14.2 Å². The molecule has 1 aliphatic rings. The number of benzene rings is 1. The quantitative estimate of drug-likeness (QED) is 0.813. The second kappa shape index (κ2) is 5.81. The van der Waals surface area contributed by atoms with Crippen LogP contribution in [0.5, 0.6) is 0 Å². The zero-order valence-electron chi connectivity index (χ0n) is 9.58. The molecule has 1 aromatic rings. The Kier molecular flexibility index (Phi) is 4.13. The molecule has 0 aliphatic heterocycles. The van der Waals surface area contributed by atoms with Gasteiger partial charge in [0.25, 0.3) is 0 Å². The maximum atomic E-state index is 13.1. The van der Waals surface area contributed by atoms with Gasteiger partial charge in [-0.15, -0.1) is 0 Å². The summed E-state index contributed by atoms with van der Waals surface area (Å²) in [6.45, 7) is 0.236. The van der Waals surface area contributed by atoms with Gasteiger partial charge in [0, 0.05) is 5.56 Å². The highest BCUT2D eigenvalue weighted by Crippen LogP contribution is 2.23. The van der Waals surface area contributed by atoms with Crippen molar-refractivity contribution in [2.24, 2.45) is 0 Å².